The Morgan fingerprint density at radius 3 is 2.33 bits per heavy atom. The number of amides is 1. The second-order valence-electron chi connectivity index (χ2n) is 8.73. The smallest absolute Gasteiger partial charge is 0.243 e. The first-order chi connectivity index (χ1) is 15.9. The van der Waals surface area contributed by atoms with E-state index in [0.29, 0.717) is 12.4 Å². The van der Waals surface area contributed by atoms with E-state index < -0.39 is 10.0 Å². The van der Waals surface area contributed by atoms with E-state index in [4.69, 9.17) is 4.74 Å². The third-order valence-electron chi connectivity index (χ3n) is 6.08. The zero-order valence-corrected chi connectivity index (χ0v) is 20.6. The van der Waals surface area contributed by atoms with E-state index >= 15 is 0 Å². The highest BCUT2D eigenvalue weighted by Crippen LogP contribution is 2.25. The normalized spacial score (nSPS) is 15.6. The van der Waals surface area contributed by atoms with Crippen molar-refractivity contribution in [2.24, 2.45) is 0 Å². The molecule has 1 saturated carbocycles. The lowest BCUT2D eigenvalue weighted by Gasteiger charge is -2.25. The lowest BCUT2D eigenvalue weighted by Crippen LogP contribution is -2.44. The number of carbonyl (C=O) groups excluding carboxylic acids is 1. The lowest BCUT2D eigenvalue weighted by molar-refractivity contribution is -0.122. The van der Waals surface area contributed by atoms with Gasteiger partial charge in [-0.3, -0.25) is 4.79 Å². The highest BCUT2D eigenvalue weighted by molar-refractivity contribution is 7.89. The fourth-order valence-corrected chi connectivity index (χ4v) is 5.77. The molecule has 0 aliphatic heterocycles. The van der Waals surface area contributed by atoms with Crippen LogP contribution in [0.5, 0.6) is 5.75 Å². The Labute approximate surface area is 198 Å². The maximum atomic E-state index is 13.6. The van der Waals surface area contributed by atoms with E-state index in [9.17, 15) is 13.2 Å². The maximum Gasteiger partial charge on any atom is 0.243 e. The van der Waals surface area contributed by atoms with Gasteiger partial charge in [0.15, 0.2) is 0 Å². The molecule has 1 N–H and O–H groups in total. The van der Waals surface area contributed by atoms with Gasteiger partial charge in [-0.1, -0.05) is 62.4 Å². The summed E-state index contributed by atoms with van der Waals surface area (Å²) in [4.78, 5) is 13.1. The highest BCUT2D eigenvalue weighted by atomic mass is 32.2. The van der Waals surface area contributed by atoms with Crippen molar-refractivity contribution in [2.45, 2.75) is 76.3 Å². The second-order valence-corrected chi connectivity index (χ2v) is 10.7. The van der Waals surface area contributed by atoms with Crippen LogP contribution in [-0.4, -0.2) is 37.8 Å². The van der Waals surface area contributed by atoms with Crippen molar-refractivity contribution >= 4 is 15.9 Å². The van der Waals surface area contributed by atoms with Crippen molar-refractivity contribution in [1.82, 2.24) is 9.62 Å². The van der Waals surface area contributed by atoms with Crippen LogP contribution >= 0.6 is 0 Å². The Balaban J connectivity index is 1.81. The molecule has 0 bridgehead atoms. The summed E-state index contributed by atoms with van der Waals surface area (Å²) >= 11 is 0. The Morgan fingerprint density at radius 2 is 1.70 bits per heavy atom. The zero-order valence-electron chi connectivity index (χ0n) is 19.8. The van der Waals surface area contributed by atoms with Crippen LogP contribution in [0.3, 0.4) is 0 Å². The largest absolute Gasteiger partial charge is 0.494 e. The van der Waals surface area contributed by atoms with Crippen molar-refractivity contribution in [3.05, 3.63) is 59.7 Å². The SMILES string of the molecule is CCOc1ccc(S(=O)(=O)N(CC(=O)NC2CCCCCCC2)Cc2ccccc2)cc1C. The van der Waals surface area contributed by atoms with Crippen LogP contribution in [0.25, 0.3) is 0 Å². The summed E-state index contributed by atoms with van der Waals surface area (Å²) in [6.45, 7) is 4.15. The van der Waals surface area contributed by atoms with E-state index in [-0.39, 0.29) is 29.9 Å². The summed E-state index contributed by atoms with van der Waals surface area (Å²) in [5.41, 5.74) is 1.58. The van der Waals surface area contributed by atoms with Gasteiger partial charge in [-0.25, -0.2) is 8.42 Å². The number of hydrogen-bond acceptors (Lipinski definition) is 4. The molecule has 1 aliphatic carbocycles. The molecule has 0 saturated heterocycles. The first-order valence-electron chi connectivity index (χ1n) is 12.0. The van der Waals surface area contributed by atoms with Crippen LogP contribution in [-0.2, 0) is 21.4 Å². The Bertz CT molecular complexity index is 1000. The third kappa shape index (κ3) is 7.30. The number of sulfonamides is 1. The van der Waals surface area contributed by atoms with Gasteiger partial charge < -0.3 is 10.1 Å². The summed E-state index contributed by atoms with van der Waals surface area (Å²) in [5.74, 6) is 0.413. The molecule has 0 spiro atoms. The van der Waals surface area contributed by atoms with Crippen LogP contribution in [0.2, 0.25) is 0 Å². The molecule has 1 amide bonds. The van der Waals surface area contributed by atoms with Crippen LogP contribution < -0.4 is 10.1 Å². The minimum absolute atomic E-state index is 0.117. The molecule has 1 fully saturated rings. The quantitative estimate of drug-likeness (QED) is 0.568. The van der Waals surface area contributed by atoms with Crippen molar-refractivity contribution < 1.29 is 17.9 Å². The molecule has 0 atom stereocenters. The van der Waals surface area contributed by atoms with Gasteiger partial charge in [0.2, 0.25) is 15.9 Å². The molecule has 6 nitrogen and oxygen atoms in total. The second kappa shape index (κ2) is 12.2. The first-order valence-corrected chi connectivity index (χ1v) is 13.4. The van der Waals surface area contributed by atoms with Crippen LogP contribution in [0.1, 0.15) is 63.0 Å². The fraction of sp³-hybridized carbons (Fsp3) is 0.500. The number of benzene rings is 2. The van der Waals surface area contributed by atoms with Gasteiger partial charge in [0.25, 0.3) is 0 Å². The molecule has 180 valence electrons. The molecule has 2 aromatic carbocycles. The van der Waals surface area contributed by atoms with E-state index in [1.54, 1.807) is 18.2 Å². The van der Waals surface area contributed by atoms with Gasteiger partial charge in [-0.2, -0.15) is 4.31 Å². The molecular weight excluding hydrogens is 436 g/mol. The fourth-order valence-electron chi connectivity index (χ4n) is 4.30. The number of aryl methyl sites for hydroxylation is 1. The minimum atomic E-state index is -3.89. The van der Waals surface area contributed by atoms with Crippen molar-refractivity contribution in [1.29, 1.82) is 0 Å². The van der Waals surface area contributed by atoms with Crippen molar-refractivity contribution in [3.8, 4) is 5.75 Å². The van der Waals surface area contributed by atoms with Gasteiger partial charge in [0.05, 0.1) is 18.0 Å². The van der Waals surface area contributed by atoms with E-state index in [1.807, 2.05) is 44.2 Å². The molecule has 3 rings (SSSR count). The van der Waals surface area contributed by atoms with Gasteiger partial charge in [-0.15, -0.1) is 0 Å². The summed E-state index contributed by atoms with van der Waals surface area (Å²) < 4.78 is 34.0. The summed E-state index contributed by atoms with van der Waals surface area (Å²) in [7, 11) is -3.89. The third-order valence-corrected chi connectivity index (χ3v) is 7.86. The van der Waals surface area contributed by atoms with Crippen LogP contribution in [0, 0.1) is 6.92 Å². The van der Waals surface area contributed by atoms with Crippen molar-refractivity contribution in [3.63, 3.8) is 0 Å². The number of nitrogens with zero attached hydrogens (tertiary/aromatic N) is 1. The van der Waals surface area contributed by atoms with E-state index in [0.717, 1.165) is 36.8 Å². The number of rotatable bonds is 9. The lowest BCUT2D eigenvalue weighted by atomic mass is 9.97. The molecule has 7 heteroatoms. The Morgan fingerprint density at radius 1 is 1.03 bits per heavy atom. The van der Waals surface area contributed by atoms with Gasteiger partial charge >= 0.3 is 0 Å². The predicted octanol–water partition coefficient (Wildman–Crippen LogP) is 4.81. The molecular formula is C26H36N2O4S. The molecule has 33 heavy (non-hydrogen) atoms. The topological polar surface area (TPSA) is 75.7 Å². The first kappa shape index (κ1) is 25.2. The summed E-state index contributed by atoms with van der Waals surface area (Å²) in [5, 5.41) is 3.10. The van der Waals surface area contributed by atoms with Crippen LogP contribution in [0.4, 0.5) is 0 Å². The van der Waals surface area contributed by atoms with Gasteiger partial charge in [-0.05, 0) is 56.0 Å². The summed E-state index contributed by atoms with van der Waals surface area (Å²) in [6, 6.07) is 14.3. The van der Waals surface area contributed by atoms with Crippen LogP contribution in [0.15, 0.2) is 53.4 Å². The maximum absolute atomic E-state index is 13.6. The number of hydrogen-bond donors (Lipinski definition) is 1. The predicted molar refractivity (Wildman–Crippen MR) is 131 cm³/mol. The van der Waals surface area contributed by atoms with Gasteiger partial charge in [0, 0.05) is 12.6 Å². The highest BCUT2D eigenvalue weighted by Gasteiger charge is 2.28. The number of nitrogens with one attached hydrogen (secondary N) is 1. The van der Waals surface area contributed by atoms with E-state index in [1.165, 1.54) is 23.6 Å². The number of ether oxygens (including phenoxy) is 1. The summed E-state index contributed by atoms with van der Waals surface area (Å²) in [6.07, 6.45) is 7.75. The Hall–Kier alpha value is -2.38. The average molecular weight is 473 g/mol. The number of carbonyl (C=O) groups is 1. The molecule has 2 aromatic rings. The zero-order chi connectivity index (χ0) is 23.7. The molecule has 0 unspecified atom stereocenters. The monoisotopic (exact) mass is 472 g/mol. The molecule has 1 aliphatic rings. The molecule has 0 radical (unpaired) electrons. The average Bonchev–Trinajstić information content (AvgIpc) is 2.77. The molecule has 0 aromatic heterocycles. The molecule has 0 heterocycles. The van der Waals surface area contributed by atoms with Gasteiger partial charge in [0.1, 0.15) is 5.75 Å². The standard InChI is InChI=1S/C26H36N2O4S/c1-3-32-25-17-16-24(18-21(25)2)33(30,31)28(19-22-12-8-7-9-13-22)20-26(29)27-23-14-10-5-4-6-11-15-23/h7-9,12-13,16-18,23H,3-6,10-11,14-15,19-20H2,1-2H3,(H,27,29). The Kier molecular flexibility index (Phi) is 9.32. The van der Waals surface area contributed by atoms with E-state index in [2.05, 4.69) is 5.32 Å². The minimum Gasteiger partial charge on any atom is -0.494 e. The van der Waals surface area contributed by atoms with Crippen molar-refractivity contribution in [2.75, 3.05) is 13.2 Å².